The van der Waals surface area contributed by atoms with Gasteiger partial charge in [0.05, 0.1) is 5.69 Å². The van der Waals surface area contributed by atoms with Gasteiger partial charge in [-0.25, -0.2) is 0 Å². The molecule has 0 atom stereocenters. The van der Waals surface area contributed by atoms with Gasteiger partial charge in [-0.2, -0.15) is 0 Å². The second kappa shape index (κ2) is 6.38. The second-order valence-corrected chi connectivity index (χ2v) is 5.34. The molecule has 4 rings (SSSR count). The van der Waals surface area contributed by atoms with E-state index in [9.17, 15) is 0 Å². The van der Waals surface area contributed by atoms with E-state index in [-0.39, 0.29) is 0 Å². The number of hydrogen-bond acceptors (Lipinski definition) is 3. The van der Waals surface area contributed by atoms with Crippen LogP contribution in [0.4, 0.5) is 0 Å². The summed E-state index contributed by atoms with van der Waals surface area (Å²) < 4.78 is 5.82. The van der Waals surface area contributed by atoms with Crippen molar-refractivity contribution in [3.05, 3.63) is 84.9 Å². The van der Waals surface area contributed by atoms with Crippen molar-refractivity contribution < 1.29 is 4.74 Å². The molecule has 24 heavy (non-hydrogen) atoms. The van der Waals surface area contributed by atoms with Gasteiger partial charge in [0.25, 0.3) is 0 Å². The summed E-state index contributed by atoms with van der Waals surface area (Å²) in [4.78, 5) is 0. The van der Waals surface area contributed by atoms with Crippen molar-refractivity contribution in [3.8, 4) is 34.0 Å². The number of hydrogen-bond donors (Lipinski definition) is 1. The van der Waals surface area contributed by atoms with E-state index in [1.807, 2.05) is 84.9 Å². The molecule has 0 spiro atoms. The maximum atomic E-state index is 5.82. The molecule has 0 aliphatic heterocycles. The molecule has 0 radical (unpaired) electrons. The molecular formula is C20H15N3O. The SMILES string of the molecule is c1ccc(Oc2ccc(-c3[nH]nnc3-c3ccccc3)cc2)cc1. The van der Waals surface area contributed by atoms with Gasteiger partial charge < -0.3 is 4.74 Å². The van der Waals surface area contributed by atoms with Crippen LogP contribution >= 0.6 is 0 Å². The van der Waals surface area contributed by atoms with Crippen LogP contribution in [0.3, 0.4) is 0 Å². The molecule has 0 amide bonds. The molecule has 1 heterocycles. The lowest BCUT2D eigenvalue weighted by atomic mass is 10.1. The van der Waals surface area contributed by atoms with Crippen molar-refractivity contribution in [1.29, 1.82) is 0 Å². The van der Waals surface area contributed by atoms with Crippen molar-refractivity contribution in [1.82, 2.24) is 15.4 Å². The third-order valence-electron chi connectivity index (χ3n) is 3.72. The van der Waals surface area contributed by atoms with E-state index >= 15 is 0 Å². The molecule has 0 bridgehead atoms. The van der Waals surface area contributed by atoms with Gasteiger partial charge >= 0.3 is 0 Å². The normalized spacial score (nSPS) is 10.5. The van der Waals surface area contributed by atoms with Gasteiger partial charge in [0, 0.05) is 11.1 Å². The molecule has 116 valence electrons. The lowest BCUT2D eigenvalue weighted by molar-refractivity contribution is 0.483. The predicted octanol–water partition coefficient (Wildman–Crippen LogP) is 4.93. The Morgan fingerprint density at radius 1 is 0.625 bits per heavy atom. The number of aromatic amines is 1. The Kier molecular flexibility index (Phi) is 3.78. The van der Waals surface area contributed by atoms with E-state index in [0.29, 0.717) is 0 Å². The number of H-pyrrole nitrogens is 1. The molecule has 0 fully saturated rings. The standard InChI is InChI=1S/C20H15N3O/c1-3-7-15(8-4-1)19-20(22-23-21-19)16-11-13-18(14-12-16)24-17-9-5-2-6-10-17/h1-14H,(H,21,22,23). The van der Waals surface area contributed by atoms with Gasteiger partial charge in [0.2, 0.25) is 0 Å². The van der Waals surface area contributed by atoms with Gasteiger partial charge in [0.1, 0.15) is 17.2 Å². The van der Waals surface area contributed by atoms with Crippen LogP contribution in [-0.2, 0) is 0 Å². The minimum absolute atomic E-state index is 0.790. The number of ether oxygens (including phenoxy) is 1. The summed E-state index contributed by atoms with van der Waals surface area (Å²) >= 11 is 0. The molecule has 4 nitrogen and oxygen atoms in total. The van der Waals surface area contributed by atoms with Gasteiger partial charge in [0.15, 0.2) is 0 Å². The number of benzene rings is 3. The largest absolute Gasteiger partial charge is 0.457 e. The van der Waals surface area contributed by atoms with Crippen LogP contribution in [0.25, 0.3) is 22.5 Å². The summed E-state index contributed by atoms with van der Waals surface area (Å²) in [6, 6.07) is 27.6. The van der Waals surface area contributed by atoms with Crippen LogP contribution < -0.4 is 4.74 Å². The Hall–Kier alpha value is -3.40. The third-order valence-corrected chi connectivity index (χ3v) is 3.72. The van der Waals surface area contributed by atoms with Crippen molar-refractivity contribution in [2.75, 3.05) is 0 Å². The Morgan fingerprint density at radius 2 is 1.25 bits per heavy atom. The van der Waals surface area contributed by atoms with Crippen LogP contribution in [0.1, 0.15) is 0 Å². The second-order valence-electron chi connectivity index (χ2n) is 5.34. The van der Waals surface area contributed by atoms with Crippen LogP contribution in [0, 0.1) is 0 Å². The highest BCUT2D eigenvalue weighted by Crippen LogP contribution is 2.30. The fourth-order valence-corrected chi connectivity index (χ4v) is 2.54. The van der Waals surface area contributed by atoms with Crippen LogP contribution in [0.2, 0.25) is 0 Å². The Bertz CT molecular complexity index is 916. The fraction of sp³-hybridized carbons (Fsp3) is 0. The number of aromatic nitrogens is 3. The first-order valence-electron chi connectivity index (χ1n) is 7.70. The average molecular weight is 313 g/mol. The molecule has 1 N–H and O–H groups in total. The summed E-state index contributed by atoms with van der Waals surface area (Å²) in [6.45, 7) is 0. The Labute approximate surface area is 139 Å². The van der Waals surface area contributed by atoms with E-state index in [0.717, 1.165) is 34.0 Å². The molecule has 3 aromatic carbocycles. The van der Waals surface area contributed by atoms with Crippen molar-refractivity contribution in [2.45, 2.75) is 0 Å². The number of nitrogens with zero attached hydrogens (tertiary/aromatic N) is 2. The zero-order valence-electron chi connectivity index (χ0n) is 12.9. The molecule has 0 aliphatic rings. The highest BCUT2D eigenvalue weighted by molar-refractivity contribution is 5.77. The molecule has 0 saturated heterocycles. The first-order chi connectivity index (χ1) is 11.9. The number of para-hydroxylation sites is 1. The molecule has 4 aromatic rings. The van der Waals surface area contributed by atoms with Crippen LogP contribution in [-0.4, -0.2) is 15.4 Å². The minimum atomic E-state index is 0.790. The maximum absolute atomic E-state index is 5.82. The summed E-state index contributed by atoms with van der Waals surface area (Å²) in [5.41, 5.74) is 3.78. The molecule has 4 heteroatoms. The van der Waals surface area contributed by atoms with Crippen molar-refractivity contribution >= 4 is 0 Å². The summed E-state index contributed by atoms with van der Waals surface area (Å²) in [5, 5.41) is 11.2. The van der Waals surface area contributed by atoms with Gasteiger partial charge in [-0.1, -0.05) is 53.7 Å². The monoisotopic (exact) mass is 313 g/mol. The molecular weight excluding hydrogens is 298 g/mol. The lowest BCUT2D eigenvalue weighted by Crippen LogP contribution is -1.86. The third kappa shape index (κ3) is 2.90. The molecule has 0 unspecified atom stereocenters. The first kappa shape index (κ1) is 14.2. The predicted molar refractivity (Wildman–Crippen MR) is 93.8 cm³/mol. The van der Waals surface area contributed by atoms with E-state index in [1.165, 1.54) is 0 Å². The number of nitrogens with one attached hydrogen (secondary N) is 1. The summed E-state index contributed by atoms with van der Waals surface area (Å²) in [6.07, 6.45) is 0. The first-order valence-corrected chi connectivity index (χ1v) is 7.70. The van der Waals surface area contributed by atoms with Gasteiger partial charge in [-0.15, -0.1) is 5.10 Å². The van der Waals surface area contributed by atoms with E-state index in [2.05, 4.69) is 15.4 Å². The average Bonchev–Trinajstić information content (AvgIpc) is 3.14. The van der Waals surface area contributed by atoms with E-state index < -0.39 is 0 Å². The Balaban J connectivity index is 1.61. The van der Waals surface area contributed by atoms with Crippen molar-refractivity contribution in [3.63, 3.8) is 0 Å². The van der Waals surface area contributed by atoms with Crippen molar-refractivity contribution in [2.24, 2.45) is 0 Å². The van der Waals surface area contributed by atoms with Crippen LogP contribution in [0.15, 0.2) is 84.9 Å². The topological polar surface area (TPSA) is 50.8 Å². The summed E-state index contributed by atoms with van der Waals surface area (Å²) in [7, 11) is 0. The van der Waals surface area contributed by atoms with E-state index in [1.54, 1.807) is 0 Å². The van der Waals surface area contributed by atoms with E-state index in [4.69, 9.17) is 4.74 Å². The van der Waals surface area contributed by atoms with Gasteiger partial charge in [-0.05, 0) is 36.4 Å². The molecule has 1 aromatic heterocycles. The fourth-order valence-electron chi connectivity index (χ4n) is 2.54. The lowest BCUT2D eigenvalue weighted by Gasteiger charge is -2.07. The number of rotatable bonds is 4. The van der Waals surface area contributed by atoms with Crippen LogP contribution in [0.5, 0.6) is 11.5 Å². The highest BCUT2D eigenvalue weighted by atomic mass is 16.5. The maximum Gasteiger partial charge on any atom is 0.127 e. The smallest absolute Gasteiger partial charge is 0.127 e. The molecule has 0 saturated carbocycles. The Morgan fingerprint density at radius 3 is 1.96 bits per heavy atom. The van der Waals surface area contributed by atoms with Gasteiger partial charge in [-0.3, -0.25) is 5.10 Å². The highest BCUT2D eigenvalue weighted by Gasteiger charge is 2.11. The quantitative estimate of drug-likeness (QED) is 0.581. The minimum Gasteiger partial charge on any atom is -0.457 e. The summed E-state index contributed by atoms with van der Waals surface area (Å²) in [5.74, 6) is 1.61. The zero-order chi connectivity index (χ0) is 16.2. The molecule has 0 aliphatic carbocycles. The zero-order valence-corrected chi connectivity index (χ0v) is 12.9.